The zero-order chi connectivity index (χ0) is 15.4. The lowest BCUT2D eigenvalue weighted by Crippen LogP contribution is -2.14. The number of halogens is 1. The average molecular weight is 287 g/mol. The van der Waals surface area contributed by atoms with E-state index in [1.807, 2.05) is 0 Å². The minimum absolute atomic E-state index is 0.122. The molecule has 0 aliphatic rings. The molecule has 21 heavy (non-hydrogen) atoms. The number of hydrogen-bond donors (Lipinski definition) is 2. The van der Waals surface area contributed by atoms with E-state index in [4.69, 9.17) is 5.11 Å². The third-order valence-corrected chi connectivity index (χ3v) is 2.98. The Kier molecular flexibility index (Phi) is 4.33. The minimum Gasteiger partial charge on any atom is -0.481 e. The zero-order valence-electron chi connectivity index (χ0n) is 11.4. The zero-order valence-corrected chi connectivity index (χ0v) is 11.4. The van der Waals surface area contributed by atoms with Gasteiger partial charge in [-0.2, -0.15) is 0 Å². The molecule has 108 valence electrons. The summed E-state index contributed by atoms with van der Waals surface area (Å²) in [5, 5.41) is 11.4. The van der Waals surface area contributed by atoms with Crippen LogP contribution in [0.4, 0.5) is 10.1 Å². The number of anilines is 1. The minimum atomic E-state index is -0.945. The highest BCUT2D eigenvalue weighted by molar-refractivity contribution is 6.05. The molecule has 0 radical (unpaired) electrons. The van der Waals surface area contributed by atoms with E-state index in [0.717, 1.165) is 0 Å². The summed E-state index contributed by atoms with van der Waals surface area (Å²) in [5.74, 6) is -1.86. The molecule has 0 aliphatic heterocycles. The molecule has 5 heteroatoms. The Hall–Kier alpha value is -2.69. The number of hydrogen-bond acceptors (Lipinski definition) is 2. The molecule has 0 fully saturated rings. The summed E-state index contributed by atoms with van der Waals surface area (Å²) >= 11 is 0. The molecule has 0 spiro atoms. The monoisotopic (exact) mass is 287 g/mol. The van der Waals surface area contributed by atoms with Crippen molar-refractivity contribution in [1.29, 1.82) is 0 Å². The van der Waals surface area contributed by atoms with E-state index in [-0.39, 0.29) is 12.0 Å². The van der Waals surface area contributed by atoms with Crippen LogP contribution in [-0.4, -0.2) is 17.0 Å². The lowest BCUT2D eigenvalue weighted by atomic mass is 10.1. The van der Waals surface area contributed by atoms with Gasteiger partial charge in [0.25, 0.3) is 5.91 Å². The first-order chi connectivity index (χ1) is 9.95. The molecule has 0 heterocycles. The Morgan fingerprint density at radius 2 is 1.95 bits per heavy atom. The van der Waals surface area contributed by atoms with Crippen molar-refractivity contribution in [3.63, 3.8) is 0 Å². The van der Waals surface area contributed by atoms with Crippen molar-refractivity contribution in [3.05, 3.63) is 65.0 Å². The lowest BCUT2D eigenvalue weighted by Gasteiger charge is -2.09. The normalized spacial score (nSPS) is 10.2. The number of aryl methyl sites for hydroxylation is 1. The average Bonchev–Trinajstić information content (AvgIpc) is 2.41. The fraction of sp³-hybridized carbons (Fsp3) is 0.125. The largest absolute Gasteiger partial charge is 0.481 e. The molecule has 2 aromatic carbocycles. The summed E-state index contributed by atoms with van der Waals surface area (Å²) in [6.45, 7) is 1.72. The molecule has 0 saturated carbocycles. The van der Waals surface area contributed by atoms with E-state index >= 15 is 0 Å². The number of carbonyl (C=O) groups is 2. The van der Waals surface area contributed by atoms with E-state index in [9.17, 15) is 14.0 Å². The van der Waals surface area contributed by atoms with Crippen LogP contribution >= 0.6 is 0 Å². The van der Waals surface area contributed by atoms with Gasteiger partial charge in [0.2, 0.25) is 0 Å². The maximum absolute atomic E-state index is 13.2. The molecular weight excluding hydrogens is 273 g/mol. The van der Waals surface area contributed by atoms with Crippen LogP contribution in [0.2, 0.25) is 0 Å². The predicted octanol–water partition coefficient (Wildman–Crippen LogP) is 3.01. The summed E-state index contributed by atoms with van der Waals surface area (Å²) in [4.78, 5) is 22.8. The second-order valence-corrected chi connectivity index (χ2v) is 4.68. The van der Waals surface area contributed by atoms with Crippen LogP contribution in [0.25, 0.3) is 0 Å². The van der Waals surface area contributed by atoms with Gasteiger partial charge in [-0.15, -0.1) is 0 Å². The molecule has 0 saturated heterocycles. The van der Waals surface area contributed by atoms with Gasteiger partial charge in [-0.05, 0) is 42.3 Å². The summed E-state index contributed by atoms with van der Waals surface area (Å²) in [5.41, 5.74) is 1.97. The Morgan fingerprint density at radius 3 is 2.67 bits per heavy atom. The van der Waals surface area contributed by atoms with Gasteiger partial charge in [-0.3, -0.25) is 9.59 Å². The fourth-order valence-corrected chi connectivity index (χ4v) is 1.97. The van der Waals surface area contributed by atoms with Crippen LogP contribution in [0, 0.1) is 12.7 Å². The Morgan fingerprint density at radius 1 is 1.19 bits per heavy atom. The number of rotatable bonds is 4. The topological polar surface area (TPSA) is 66.4 Å². The molecule has 0 aromatic heterocycles. The molecule has 0 bridgehead atoms. The highest BCUT2D eigenvalue weighted by Crippen LogP contribution is 2.15. The van der Waals surface area contributed by atoms with Crippen LogP contribution in [0.1, 0.15) is 21.5 Å². The predicted molar refractivity (Wildman–Crippen MR) is 76.9 cm³/mol. The van der Waals surface area contributed by atoms with Crippen molar-refractivity contribution in [1.82, 2.24) is 0 Å². The van der Waals surface area contributed by atoms with Crippen molar-refractivity contribution >= 4 is 17.6 Å². The first-order valence-corrected chi connectivity index (χ1v) is 6.34. The van der Waals surface area contributed by atoms with E-state index < -0.39 is 17.7 Å². The van der Waals surface area contributed by atoms with Gasteiger partial charge in [-0.1, -0.05) is 18.2 Å². The van der Waals surface area contributed by atoms with Gasteiger partial charge >= 0.3 is 5.97 Å². The summed E-state index contributed by atoms with van der Waals surface area (Å²) in [7, 11) is 0. The molecule has 2 rings (SSSR count). The Labute approximate surface area is 121 Å². The van der Waals surface area contributed by atoms with Crippen LogP contribution in [-0.2, 0) is 11.2 Å². The third-order valence-electron chi connectivity index (χ3n) is 2.98. The number of aliphatic carboxylic acids is 1. The molecule has 1 amide bonds. The molecule has 0 aliphatic carbocycles. The van der Waals surface area contributed by atoms with Crippen LogP contribution in [0.15, 0.2) is 42.5 Å². The number of carboxylic acids is 1. The van der Waals surface area contributed by atoms with Crippen molar-refractivity contribution in [2.75, 3.05) is 5.32 Å². The van der Waals surface area contributed by atoms with Gasteiger partial charge in [0.15, 0.2) is 0 Å². The standard InChI is InChI=1S/C16H14FNO3/c1-10-5-6-12(17)9-14(10)16(21)18-13-4-2-3-11(7-13)8-15(19)20/h2-7,9H,8H2,1H3,(H,18,21)(H,19,20). The van der Waals surface area contributed by atoms with Crippen molar-refractivity contribution in [3.8, 4) is 0 Å². The fourth-order valence-electron chi connectivity index (χ4n) is 1.97. The summed E-state index contributed by atoms with van der Waals surface area (Å²) in [6.07, 6.45) is -0.122. The lowest BCUT2D eigenvalue weighted by molar-refractivity contribution is -0.136. The SMILES string of the molecule is Cc1ccc(F)cc1C(=O)Nc1cccc(CC(=O)O)c1. The first kappa shape index (κ1) is 14.7. The molecule has 0 atom stereocenters. The maximum atomic E-state index is 13.2. The second kappa shape index (κ2) is 6.17. The van der Waals surface area contributed by atoms with Crippen LogP contribution in [0.5, 0.6) is 0 Å². The van der Waals surface area contributed by atoms with Crippen LogP contribution < -0.4 is 5.32 Å². The van der Waals surface area contributed by atoms with Crippen molar-refractivity contribution in [2.45, 2.75) is 13.3 Å². The van der Waals surface area contributed by atoms with Gasteiger partial charge in [-0.25, -0.2) is 4.39 Å². The Balaban J connectivity index is 2.19. The molecule has 0 unspecified atom stereocenters. The van der Waals surface area contributed by atoms with Gasteiger partial charge in [0, 0.05) is 11.3 Å². The molecule has 4 nitrogen and oxygen atoms in total. The van der Waals surface area contributed by atoms with Gasteiger partial charge < -0.3 is 10.4 Å². The number of amides is 1. The number of nitrogens with one attached hydrogen (secondary N) is 1. The smallest absolute Gasteiger partial charge is 0.307 e. The third kappa shape index (κ3) is 3.89. The van der Waals surface area contributed by atoms with E-state index in [1.165, 1.54) is 18.2 Å². The van der Waals surface area contributed by atoms with Gasteiger partial charge in [0.1, 0.15) is 5.82 Å². The molecule has 2 aromatic rings. The molecular formula is C16H14FNO3. The molecule has 2 N–H and O–H groups in total. The first-order valence-electron chi connectivity index (χ1n) is 6.34. The summed E-state index contributed by atoms with van der Waals surface area (Å²) < 4.78 is 13.2. The van der Waals surface area contributed by atoms with Crippen molar-refractivity contribution < 1.29 is 19.1 Å². The number of carboxylic acid groups (broad SMARTS) is 1. The van der Waals surface area contributed by atoms with Crippen molar-refractivity contribution in [2.24, 2.45) is 0 Å². The van der Waals surface area contributed by atoms with Gasteiger partial charge in [0.05, 0.1) is 6.42 Å². The van der Waals surface area contributed by atoms with E-state index in [0.29, 0.717) is 16.8 Å². The second-order valence-electron chi connectivity index (χ2n) is 4.68. The van der Waals surface area contributed by atoms with E-state index in [1.54, 1.807) is 31.2 Å². The number of carbonyl (C=O) groups excluding carboxylic acids is 1. The summed E-state index contributed by atoms with van der Waals surface area (Å²) in [6, 6.07) is 10.6. The highest BCUT2D eigenvalue weighted by Gasteiger charge is 2.11. The quantitative estimate of drug-likeness (QED) is 0.908. The number of benzene rings is 2. The Bertz CT molecular complexity index is 698. The van der Waals surface area contributed by atoms with E-state index in [2.05, 4.69) is 5.32 Å². The highest BCUT2D eigenvalue weighted by atomic mass is 19.1. The maximum Gasteiger partial charge on any atom is 0.307 e. The van der Waals surface area contributed by atoms with Crippen LogP contribution in [0.3, 0.4) is 0 Å².